The number of thiazole rings is 1. The molecule has 0 spiro atoms. The van der Waals surface area contributed by atoms with E-state index < -0.39 is 5.82 Å². The normalized spacial score (nSPS) is 11.1. The Hall–Kier alpha value is -3.53. The first-order valence-electron chi connectivity index (χ1n) is 11.4. The number of nitrogens with one attached hydrogen (secondary N) is 2. The first-order chi connectivity index (χ1) is 18.0. The van der Waals surface area contributed by atoms with Crippen LogP contribution in [0.25, 0.3) is 22.3 Å². The minimum atomic E-state index is -0.542. The molecule has 188 valence electrons. The van der Waals surface area contributed by atoms with Gasteiger partial charge in [0.1, 0.15) is 40.9 Å². The number of benzene rings is 2. The summed E-state index contributed by atoms with van der Waals surface area (Å²) in [5, 5.41) is 7.06. The second kappa shape index (κ2) is 11.2. The second-order valence-electron chi connectivity index (χ2n) is 8.09. The van der Waals surface area contributed by atoms with E-state index in [1.165, 1.54) is 29.5 Å². The number of nitrogens with zero attached hydrogens (tertiary/aromatic N) is 3. The molecular formula is C26H20Cl2FN5O2S. The third kappa shape index (κ3) is 5.90. The van der Waals surface area contributed by atoms with Crippen molar-refractivity contribution in [2.45, 2.75) is 19.4 Å². The summed E-state index contributed by atoms with van der Waals surface area (Å²) in [6, 6.07) is 13.4. The summed E-state index contributed by atoms with van der Waals surface area (Å²) in [7, 11) is 0. The lowest BCUT2D eigenvalue weighted by atomic mass is 10.1. The summed E-state index contributed by atoms with van der Waals surface area (Å²) in [5.41, 5.74) is 2.31. The fourth-order valence-electron chi connectivity index (χ4n) is 3.72. The van der Waals surface area contributed by atoms with E-state index in [0.29, 0.717) is 33.9 Å². The minimum absolute atomic E-state index is 0.0449. The van der Waals surface area contributed by atoms with Crippen molar-refractivity contribution in [2.24, 2.45) is 0 Å². The van der Waals surface area contributed by atoms with Crippen molar-refractivity contribution in [3.63, 3.8) is 0 Å². The van der Waals surface area contributed by atoms with Gasteiger partial charge in [0.25, 0.3) is 5.56 Å². The van der Waals surface area contributed by atoms with Crippen molar-refractivity contribution in [1.82, 2.24) is 19.9 Å². The van der Waals surface area contributed by atoms with Crippen LogP contribution in [0.4, 0.5) is 9.52 Å². The van der Waals surface area contributed by atoms with E-state index in [-0.39, 0.29) is 17.2 Å². The van der Waals surface area contributed by atoms with Crippen molar-refractivity contribution < 1.29 is 9.13 Å². The Morgan fingerprint density at radius 1 is 1.08 bits per heavy atom. The van der Waals surface area contributed by atoms with Crippen LogP contribution in [0.1, 0.15) is 17.8 Å². The van der Waals surface area contributed by atoms with Crippen molar-refractivity contribution in [1.29, 1.82) is 0 Å². The van der Waals surface area contributed by atoms with Gasteiger partial charge < -0.3 is 15.0 Å². The minimum Gasteiger partial charge on any atom is -0.486 e. The predicted octanol–water partition coefficient (Wildman–Crippen LogP) is 6.51. The Morgan fingerprint density at radius 2 is 1.95 bits per heavy atom. The Morgan fingerprint density at radius 3 is 2.78 bits per heavy atom. The molecule has 5 rings (SSSR count). The molecule has 7 nitrogen and oxygen atoms in total. The van der Waals surface area contributed by atoms with Gasteiger partial charge in [0.2, 0.25) is 0 Å². The first-order valence-corrected chi connectivity index (χ1v) is 13.0. The number of H-pyrrole nitrogens is 1. The molecular weight excluding hydrogens is 536 g/mol. The molecule has 0 aliphatic carbocycles. The van der Waals surface area contributed by atoms with Gasteiger partial charge in [0.05, 0.1) is 10.4 Å². The zero-order valence-electron chi connectivity index (χ0n) is 19.3. The van der Waals surface area contributed by atoms with Gasteiger partial charge in [0.15, 0.2) is 5.13 Å². The first kappa shape index (κ1) is 25.1. The number of aromatic nitrogens is 4. The summed E-state index contributed by atoms with van der Waals surface area (Å²) < 4.78 is 19.0. The molecule has 0 fully saturated rings. The monoisotopic (exact) mass is 555 g/mol. The molecule has 0 radical (unpaired) electrons. The molecule has 0 amide bonds. The number of halogens is 3. The van der Waals surface area contributed by atoms with E-state index in [1.807, 2.05) is 29.6 Å². The molecule has 3 aromatic heterocycles. The van der Waals surface area contributed by atoms with E-state index in [4.69, 9.17) is 27.9 Å². The molecule has 0 saturated carbocycles. The maximum atomic E-state index is 13.4. The van der Waals surface area contributed by atoms with Crippen molar-refractivity contribution in [3.05, 3.63) is 97.7 Å². The van der Waals surface area contributed by atoms with Crippen LogP contribution in [0.5, 0.6) is 5.75 Å². The number of pyridine rings is 1. The lowest BCUT2D eigenvalue weighted by Gasteiger charge is -2.08. The lowest BCUT2D eigenvalue weighted by molar-refractivity contribution is 0.295. The summed E-state index contributed by atoms with van der Waals surface area (Å²) in [4.78, 5) is 29.1. The van der Waals surface area contributed by atoms with E-state index in [9.17, 15) is 9.18 Å². The third-order valence-corrected chi connectivity index (χ3v) is 7.00. The summed E-state index contributed by atoms with van der Waals surface area (Å²) in [6.45, 7) is 0.685. The second-order valence-corrected chi connectivity index (χ2v) is 9.77. The Bertz CT molecular complexity index is 1620. The van der Waals surface area contributed by atoms with Gasteiger partial charge in [0, 0.05) is 29.2 Å². The molecule has 0 aliphatic heterocycles. The maximum Gasteiger partial charge on any atom is 0.258 e. The summed E-state index contributed by atoms with van der Waals surface area (Å²) in [6.07, 6.45) is 3.31. The van der Waals surface area contributed by atoms with Gasteiger partial charge in [-0.2, -0.15) is 0 Å². The number of hydrogen-bond donors (Lipinski definition) is 2. The molecule has 2 N–H and O–H groups in total. The number of fused-ring (bicyclic) bond motifs is 1. The zero-order valence-corrected chi connectivity index (χ0v) is 21.6. The maximum absolute atomic E-state index is 13.4. The Kier molecular flexibility index (Phi) is 7.64. The number of ether oxygens (including phenoxy) is 1. The molecule has 0 atom stereocenters. The van der Waals surface area contributed by atoms with Gasteiger partial charge >= 0.3 is 0 Å². The highest BCUT2D eigenvalue weighted by Gasteiger charge is 2.15. The molecule has 0 aliphatic rings. The van der Waals surface area contributed by atoms with Crippen LogP contribution in [0.2, 0.25) is 10.0 Å². The molecule has 0 bridgehead atoms. The van der Waals surface area contributed by atoms with Crippen molar-refractivity contribution in [2.75, 3.05) is 11.9 Å². The molecule has 11 heteroatoms. The number of hydrogen-bond acceptors (Lipinski definition) is 7. The number of aromatic amines is 1. The van der Waals surface area contributed by atoms with Crippen LogP contribution in [-0.2, 0) is 13.0 Å². The molecule has 37 heavy (non-hydrogen) atoms. The van der Waals surface area contributed by atoms with Crippen LogP contribution < -0.4 is 15.6 Å². The molecule has 2 aromatic carbocycles. The van der Waals surface area contributed by atoms with Crippen LogP contribution in [0.15, 0.2) is 64.9 Å². The predicted molar refractivity (Wildman–Crippen MR) is 145 cm³/mol. The average Bonchev–Trinajstić information content (AvgIpc) is 3.37. The van der Waals surface area contributed by atoms with E-state index in [1.54, 1.807) is 12.3 Å². The van der Waals surface area contributed by atoms with Crippen molar-refractivity contribution >= 4 is 50.6 Å². The third-order valence-electron chi connectivity index (χ3n) is 5.54. The van der Waals surface area contributed by atoms with E-state index >= 15 is 0 Å². The van der Waals surface area contributed by atoms with Gasteiger partial charge in [-0.1, -0.05) is 41.4 Å². The van der Waals surface area contributed by atoms with Crippen LogP contribution >= 0.6 is 34.5 Å². The molecule has 3 heterocycles. The lowest BCUT2D eigenvalue weighted by Crippen LogP contribution is -2.14. The van der Waals surface area contributed by atoms with Crippen molar-refractivity contribution in [3.8, 4) is 17.1 Å². The van der Waals surface area contributed by atoms with Gasteiger partial charge in [-0.25, -0.2) is 14.4 Å². The Balaban J connectivity index is 1.30. The van der Waals surface area contributed by atoms with E-state index in [2.05, 4.69) is 25.3 Å². The van der Waals surface area contributed by atoms with Crippen LogP contribution in [0.3, 0.4) is 0 Å². The highest BCUT2D eigenvalue weighted by molar-refractivity contribution is 7.14. The molecule has 0 unspecified atom stereocenters. The highest BCUT2D eigenvalue weighted by atomic mass is 35.5. The quantitative estimate of drug-likeness (QED) is 0.201. The largest absolute Gasteiger partial charge is 0.486 e. The topological polar surface area (TPSA) is 92.8 Å². The fourth-order valence-corrected chi connectivity index (χ4v) is 4.85. The van der Waals surface area contributed by atoms with Gasteiger partial charge in [-0.3, -0.25) is 9.78 Å². The van der Waals surface area contributed by atoms with Gasteiger partial charge in [-0.05, 0) is 42.7 Å². The zero-order chi connectivity index (χ0) is 25.8. The van der Waals surface area contributed by atoms with Crippen LogP contribution in [-0.4, -0.2) is 26.5 Å². The summed E-state index contributed by atoms with van der Waals surface area (Å²) in [5.74, 6) is 0.102. The number of rotatable bonds is 9. The molecule has 0 saturated heterocycles. The fraction of sp³-hybridized carbons (Fsp3) is 0.154. The SMILES string of the molecule is O=c1[nH]c(COc2ccc(F)c(Cl)c2)nc2c(-c3csc(NCCCc4ccccc4Cl)n3)nccc12. The standard InChI is InChI=1S/C26H20Cl2FN5O2S/c27-18-6-2-1-4-15(18)5-3-10-31-26-32-21(14-37-26)24-23-17(9-11-30-24)25(35)34-22(33-23)13-36-16-7-8-20(29)19(28)12-16/h1-2,4,6-9,11-12,14H,3,5,10,13H2,(H,31,32)(H,33,34,35). The summed E-state index contributed by atoms with van der Waals surface area (Å²) >= 11 is 13.5. The number of anilines is 1. The smallest absolute Gasteiger partial charge is 0.258 e. The Labute approximate surface area is 225 Å². The number of aryl methyl sites for hydroxylation is 1. The van der Waals surface area contributed by atoms with Crippen LogP contribution in [0, 0.1) is 5.82 Å². The highest BCUT2D eigenvalue weighted by Crippen LogP contribution is 2.28. The molecule has 5 aromatic rings. The van der Waals surface area contributed by atoms with Gasteiger partial charge in [-0.15, -0.1) is 11.3 Å². The van der Waals surface area contributed by atoms with E-state index in [0.717, 1.165) is 35.1 Å². The average molecular weight is 556 g/mol.